The maximum Gasteiger partial charge on any atom is 0.156 e. The van der Waals surface area contributed by atoms with Crippen LogP contribution in [0.4, 0.5) is 0 Å². The average molecular weight is 259 g/mol. The molecule has 3 heteroatoms. The molecule has 0 saturated carbocycles. The summed E-state index contributed by atoms with van der Waals surface area (Å²) in [7, 11) is -0.883. The Morgan fingerprint density at radius 1 is 0.684 bits per heavy atom. The van der Waals surface area contributed by atoms with E-state index in [2.05, 4.69) is 52.4 Å². The van der Waals surface area contributed by atoms with Gasteiger partial charge in [-0.15, -0.1) is 0 Å². The Bertz CT molecular complexity index is 695. The molecule has 0 atom stereocenters. The van der Waals surface area contributed by atoms with Gasteiger partial charge in [0.05, 0.1) is 0 Å². The fourth-order valence-electron chi connectivity index (χ4n) is 2.72. The third kappa shape index (κ3) is 1.55. The van der Waals surface area contributed by atoms with Gasteiger partial charge in [-0.3, -0.25) is 9.97 Å². The van der Waals surface area contributed by atoms with E-state index in [1.165, 1.54) is 26.7 Å². The summed E-state index contributed by atoms with van der Waals surface area (Å²) in [5.74, 6) is 0. The largest absolute Gasteiger partial charge is 0.264 e. The van der Waals surface area contributed by atoms with Gasteiger partial charge in [-0.2, -0.15) is 0 Å². The fraction of sp³-hybridized carbons (Fsp3) is 0. The Morgan fingerprint density at radius 3 is 1.84 bits per heavy atom. The van der Waals surface area contributed by atoms with Crippen LogP contribution < -0.4 is 15.6 Å². The number of fused-ring (bicyclic) bond motifs is 3. The molecule has 1 aliphatic heterocycles. The van der Waals surface area contributed by atoms with Crippen molar-refractivity contribution >= 4 is 24.4 Å². The van der Waals surface area contributed by atoms with Crippen molar-refractivity contribution < 1.29 is 0 Å². The van der Waals surface area contributed by atoms with E-state index in [1.54, 1.807) is 0 Å². The van der Waals surface area contributed by atoms with Crippen LogP contribution in [0, 0.1) is 0 Å². The van der Waals surface area contributed by atoms with Crippen LogP contribution in [0.5, 0.6) is 0 Å². The molecule has 0 bridgehead atoms. The summed E-state index contributed by atoms with van der Waals surface area (Å²) in [6, 6.07) is 15.1. The van der Waals surface area contributed by atoms with Crippen molar-refractivity contribution in [3.05, 3.63) is 67.3 Å². The molecule has 1 radical (unpaired) electrons. The Labute approximate surface area is 113 Å². The molecule has 2 nitrogen and oxygen atoms in total. The van der Waals surface area contributed by atoms with E-state index in [4.69, 9.17) is 0 Å². The van der Waals surface area contributed by atoms with E-state index in [0.717, 1.165) is 0 Å². The molecule has 19 heavy (non-hydrogen) atoms. The summed E-state index contributed by atoms with van der Waals surface area (Å²) in [6.45, 7) is 0. The first-order valence-electron chi connectivity index (χ1n) is 6.26. The predicted molar refractivity (Wildman–Crippen MR) is 78.6 cm³/mol. The normalized spacial score (nSPS) is 13.1. The predicted octanol–water partition coefficient (Wildman–Crippen LogP) is 0.973. The molecule has 0 unspecified atom stereocenters. The third-order valence-corrected chi connectivity index (χ3v) is 6.39. The summed E-state index contributed by atoms with van der Waals surface area (Å²) in [5, 5.41) is 4.27. The maximum absolute atomic E-state index is 4.27. The highest BCUT2D eigenvalue weighted by Gasteiger charge is 2.31. The summed E-state index contributed by atoms with van der Waals surface area (Å²) in [4.78, 5) is 8.54. The van der Waals surface area contributed by atoms with Gasteiger partial charge in [0.2, 0.25) is 0 Å². The highest BCUT2D eigenvalue weighted by atomic mass is 28.3. The first-order chi connectivity index (χ1) is 9.45. The zero-order valence-corrected chi connectivity index (χ0v) is 11.2. The van der Waals surface area contributed by atoms with Crippen LogP contribution in [0.25, 0.3) is 11.1 Å². The lowest BCUT2D eigenvalue weighted by Gasteiger charge is -2.10. The van der Waals surface area contributed by atoms with Gasteiger partial charge in [-0.25, -0.2) is 0 Å². The van der Waals surface area contributed by atoms with E-state index in [-0.39, 0.29) is 0 Å². The highest BCUT2D eigenvalue weighted by molar-refractivity contribution is 6.99. The zero-order valence-electron chi connectivity index (χ0n) is 10.2. The average Bonchev–Trinajstić information content (AvgIpc) is 2.83. The van der Waals surface area contributed by atoms with Gasteiger partial charge >= 0.3 is 0 Å². The number of aromatic nitrogens is 2. The number of hydrogen-bond donors (Lipinski definition) is 0. The highest BCUT2D eigenvalue weighted by Crippen LogP contribution is 2.20. The van der Waals surface area contributed by atoms with Crippen molar-refractivity contribution in [1.29, 1.82) is 0 Å². The van der Waals surface area contributed by atoms with E-state index < -0.39 is 8.80 Å². The van der Waals surface area contributed by atoms with Crippen molar-refractivity contribution in [2.75, 3.05) is 0 Å². The zero-order chi connectivity index (χ0) is 12.7. The fourth-order valence-corrected chi connectivity index (χ4v) is 5.57. The van der Waals surface area contributed by atoms with Gasteiger partial charge in [0.15, 0.2) is 8.80 Å². The number of nitrogens with zero attached hydrogens (tertiary/aromatic N) is 2. The van der Waals surface area contributed by atoms with Crippen LogP contribution in [0.15, 0.2) is 67.3 Å². The van der Waals surface area contributed by atoms with Gasteiger partial charge < -0.3 is 0 Å². The lowest BCUT2D eigenvalue weighted by atomic mass is 10.1. The van der Waals surface area contributed by atoms with Crippen molar-refractivity contribution in [2.45, 2.75) is 0 Å². The molecule has 89 valence electrons. The monoisotopic (exact) mass is 259 g/mol. The van der Waals surface area contributed by atoms with Gasteiger partial charge in [-0.05, 0) is 22.5 Å². The Hall–Kier alpha value is -2.26. The number of hydrogen-bond acceptors (Lipinski definition) is 2. The molecule has 0 spiro atoms. The molecule has 0 fully saturated rings. The Balaban J connectivity index is 2.02. The van der Waals surface area contributed by atoms with Crippen molar-refractivity contribution in [3.63, 3.8) is 0 Å². The van der Waals surface area contributed by atoms with Crippen LogP contribution in [0.1, 0.15) is 0 Å². The lowest BCUT2D eigenvalue weighted by molar-refractivity contribution is 1.32. The first-order valence-corrected chi connectivity index (χ1v) is 7.76. The van der Waals surface area contributed by atoms with Gasteiger partial charge in [-0.1, -0.05) is 35.5 Å². The van der Waals surface area contributed by atoms with Crippen molar-refractivity contribution in [3.8, 4) is 11.1 Å². The molecule has 2 aromatic heterocycles. The molecule has 1 aromatic carbocycles. The van der Waals surface area contributed by atoms with Crippen molar-refractivity contribution in [2.24, 2.45) is 0 Å². The third-order valence-electron chi connectivity index (χ3n) is 3.53. The van der Waals surface area contributed by atoms with E-state index in [9.17, 15) is 0 Å². The molecule has 0 N–H and O–H groups in total. The Morgan fingerprint density at radius 2 is 1.26 bits per heavy atom. The standard InChI is InChI=1S/C16H11N2Si/c1-2-4-12(5-3-1)19-15-6-8-17-10-13(15)14-11-18-9-7-16(14)19/h1-11H. The Kier molecular flexibility index (Phi) is 2.32. The molecule has 0 amide bonds. The minimum Gasteiger partial charge on any atom is -0.264 e. The van der Waals surface area contributed by atoms with Crippen LogP contribution in [-0.2, 0) is 0 Å². The summed E-state index contributed by atoms with van der Waals surface area (Å²) >= 11 is 0. The topological polar surface area (TPSA) is 25.8 Å². The first kappa shape index (κ1) is 10.6. The van der Waals surface area contributed by atoms with Crippen molar-refractivity contribution in [1.82, 2.24) is 9.97 Å². The minimum atomic E-state index is -0.883. The number of rotatable bonds is 1. The van der Waals surface area contributed by atoms with Crippen LogP contribution in [0.2, 0.25) is 0 Å². The van der Waals surface area contributed by atoms with E-state index in [0.29, 0.717) is 0 Å². The van der Waals surface area contributed by atoms with Gasteiger partial charge in [0, 0.05) is 35.9 Å². The lowest BCUT2D eigenvalue weighted by Crippen LogP contribution is -2.48. The van der Waals surface area contributed by atoms with E-state index >= 15 is 0 Å². The molecule has 1 aliphatic rings. The van der Waals surface area contributed by atoms with Crippen LogP contribution in [0.3, 0.4) is 0 Å². The van der Waals surface area contributed by atoms with Gasteiger partial charge in [0.25, 0.3) is 0 Å². The molecule has 3 aromatic rings. The molecular formula is C16H11N2Si. The van der Waals surface area contributed by atoms with E-state index in [1.807, 2.05) is 24.8 Å². The summed E-state index contributed by atoms with van der Waals surface area (Å²) in [6.07, 6.45) is 7.73. The van der Waals surface area contributed by atoms with Crippen LogP contribution in [-0.4, -0.2) is 18.8 Å². The number of pyridine rings is 2. The molecule has 0 saturated heterocycles. The quantitative estimate of drug-likeness (QED) is 0.476. The molecule has 3 heterocycles. The summed E-state index contributed by atoms with van der Waals surface area (Å²) in [5.41, 5.74) is 2.51. The molecule has 0 aliphatic carbocycles. The second kappa shape index (κ2) is 4.14. The number of benzene rings is 1. The minimum absolute atomic E-state index is 0.883. The summed E-state index contributed by atoms with van der Waals surface area (Å²) < 4.78 is 0. The second-order valence-corrected chi connectivity index (χ2v) is 6.99. The molecular weight excluding hydrogens is 248 g/mol. The SMILES string of the molecule is c1ccc([Si]2c3ccncc3-c3cnccc32)cc1. The maximum atomic E-state index is 4.27. The smallest absolute Gasteiger partial charge is 0.156 e. The van der Waals surface area contributed by atoms with Crippen LogP contribution >= 0.6 is 0 Å². The second-order valence-electron chi connectivity index (χ2n) is 4.58. The van der Waals surface area contributed by atoms with Gasteiger partial charge in [0.1, 0.15) is 0 Å². The molecule has 4 rings (SSSR count).